The van der Waals surface area contributed by atoms with Crippen molar-refractivity contribution in [2.75, 3.05) is 23.3 Å². The van der Waals surface area contributed by atoms with Crippen LogP contribution in [0.3, 0.4) is 0 Å². The highest BCUT2D eigenvalue weighted by molar-refractivity contribution is 7.09. The van der Waals surface area contributed by atoms with Gasteiger partial charge in [0.1, 0.15) is 0 Å². The zero-order chi connectivity index (χ0) is 14.5. The van der Waals surface area contributed by atoms with Crippen LogP contribution in [0.15, 0.2) is 29.6 Å². The SMILES string of the molecule is CCN(CC)c1ccc(NC(C)c2csc(C)n2)cc1. The van der Waals surface area contributed by atoms with E-state index in [1.165, 1.54) is 5.69 Å². The van der Waals surface area contributed by atoms with E-state index in [2.05, 4.69) is 65.6 Å². The molecule has 0 radical (unpaired) electrons. The number of rotatable bonds is 6. The van der Waals surface area contributed by atoms with E-state index in [1.54, 1.807) is 11.3 Å². The minimum Gasteiger partial charge on any atom is -0.377 e. The Morgan fingerprint density at radius 3 is 2.35 bits per heavy atom. The molecule has 0 bridgehead atoms. The van der Waals surface area contributed by atoms with Crippen LogP contribution in [0.1, 0.15) is 37.5 Å². The molecule has 2 aromatic rings. The van der Waals surface area contributed by atoms with Gasteiger partial charge in [-0.15, -0.1) is 11.3 Å². The molecule has 0 spiro atoms. The monoisotopic (exact) mass is 289 g/mol. The molecule has 3 nitrogen and oxygen atoms in total. The van der Waals surface area contributed by atoms with E-state index in [0.29, 0.717) is 0 Å². The molecule has 1 heterocycles. The summed E-state index contributed by atoms with van der Waals surface area (Å²) in [6, 6.07) is 8.87. The van der Waals surface area contributed by atoms with Crippen molar-refractivity contribution in [3.8, 4) is 0 Å². The lowest BCUT2D eigenvalue weighted by Crippen LogP contribution is -2.21. The first kappa shape index (κ1) is 14.9. The Balaban J connectivity index is 2.03. The highest BCUT2D eigenvalue weighted by Crippen LogP contribution is 2.23. The molecule has 0 saturated heterocycles. The smallest absolute Gasteiger partial charge is 0.0898 e. The van der Waals surface area contributed by atoms with Crippen molar-refractivity contribution in [3.05, 3.63) is 40.3 Å². The minimum absolute atomic E-state index is 0.235. The van der Waals surface area contributed by atoms with Crippen LogP contribution in [0.2, 0.25) is 0 Å². The molecule has 0 aliphatic carbocycles. The molecule has 0 saturated carbocycles. The first-order chi connectivity index (χ1) is 9.63. The highest BCUT2D eigenvalue weighted by Gasteiger charge is 2.09. The maximum Gasteiger partial charge on any atom is 0.0898 e. The molecular weight excluding hydrogens is 266 g/mol. The van der Waals surface area contributed by atoms with Gasteiger partial charge in [0, 0.05) is 29.8 Å². The average Bonchev–Trinajstić information content (AvgIpc) is 2.89. The lowest BCUT2D eigenvalue weighted by Gasteiger charge is -2.21. The van der Waals surface area contributed by atoms with Crippen LogP contribution >= 0.6 is 11.3 Å². The number of aromatic nitrogens is 1. The summed E-state index contributed by atoms with van der Waals surface area (Å²) >= 11 is 1.70. The van der Waals surface area contributed by atoms with E-state index < -0.39 is 0 Å². The van der Waals surface area contributed by atoms with Crippen molar-refractivity contribution in [1.82, 2.24) is 4.98 Å². The normalized spacial score (nSPS) is 12.2. The molecule has 0 aliphatic rings. The summed E-state index contributed by atoms with van der Waals surface area (Å²) in [5.41, 5.74) is 3.53. The summed E-state index contributed by atoms with van der Waals surface area (Å²) in [5, 5.41) is 6.74. The third-order valence-corrected chi connectivity index (χ3v) is 4.25. The molecular formula is C16H23N3S. The molecule has 1 N–H and O–H groups in total. The Kier molecular flexibility index (Phi) is 5.01. The fraction of sp³-hybridized carbons (Fsp3) is 0.438. The molecule has 1 unspecified atom stereocenters. The Morgan fingerprint density at radius 1 is 1.20 bits per heavy atom. The molecule has 1 aromatic carbocycles. The second-order valence-electron chi connectivity index (χ2n) is 4.88. The topological polar surface area (TPSA) is 28.2 Å². The van der Waals surface area contributed by atoms with Crippen molar-refractivity contribution in [1.29, 1.82) is 0 Å². The first-order valence-electron chi connectivity index (χ1n) is 7.17. The third-order valence-electron chi connectivity index (χ3n) is 3.46. The molecule has 20 heavy (non-hydrogen) atoms. The zero-order valence-electron chi connectivity index (χ0n) is 12.7. The number of aryl methyl sites for hydroxylation is 1. The van der Waals surface area contributed by atoms with E-state index in [-0.39, 0.29) is 6.04 Å². The maximum absolute atomic E-state index is 4.53. The van der Waals surface area contributed by atoms with Crippen LogP contribution in [0, 0.1) is 6.92 Å². The summed E-state index contributed by atoms with van der Waals surface area (Å²) in [5.74, 6) is 0. The molecule has 1 atom stereocenters. The van der Waals surface area contributed by atoms with Gasteiger partial charge in [0.05, 0.1) is 16.7 Å². The standard InChI is InChI=1S/C16H23N3S/c1-5-19(6-2)15-9-7-14(8-10-15)17-12(3)16-11-20-13(4)18-16/h7-12,17H,5-6H2,1-4H3. The van der Waals surface area contributed by atoms with Crippen LogP contribution < -0.4 is 10.2 Å². The lowest BCUT2D eigenvalue weighted by atomic mass is 10.2. The number of hydrogen-bond acceptors (Lipinski definition) is 4. The predicted octanol–water partition coefficient (Wildman–Crippen LogP) is 4.47. The van der Waals surface area contributed by atoms with Gasteiger partial charge in [-0.3, -0.25) is 0 Å². The Hall–Kier alpha value is -1.55. The van der Waals surface area contributed by atoms with Gasteiger partial charge >= 0.3 is 0 Å². The van der Waals surface area contributed by atoms with Crippen molar-refractivity contribution in [2.24, 2.45) is 0 Å². The van der Waals surface area contributed by atoms with Crippen LogP contribution in [0.25, 0.3) is 0 Å². The summed E-state index contributed by atoms with van der Waals surface area (Å²) < 4.78 is 0. The number of nitrogens with one attached hydrogen (secondary N) is 1. The first-order valence-corrected chi connectivity index (χ1v) is 8.05. The average molecular weight is 289 g/mol. The summed E-state index contributed by atoms with van der Waals surface area (Å²) in [6.07, 6.45) is 0. The second-order valence-corrected chi connectivity index (χ2v) is 5.94. The minimum atomic E-state index is 0.235. The van der Waals surface area contributed by atoms with Gasteiger partial charge in [0.15, 0.2) is 0 Å². The lowest BCUT2D eigenvalue weighted by molar-refractivity contribution is 0.844. The van der Waals surface area contributed by atoms with Crippen molar-refractivity contribution in [2.45, 2.75) is 33.7 Å². The Labute approximate surface area is 125 Å². The van der Waals surface area contributed by atoms with Gasteiger partial charge in [-0.05, 0) is 52.0 Å². The molecule has 4 heteroatoms. The summed E-state index contributed by atoms with van der Waals surface area (Å²) in [7, 11) is 0. The fourth-order valence-corrected chi connectivity index (χ4v) is 2.97. The van der Waals surface area contributed by atoms with Gasteiger partial charge in [0.2, 0.25) is 0 Å². The third kappa shape index (κ3) is 3.51. The predicted molar refractivity (Wildman–Crippen MR) is 88.9 cm³/mol. The molecule has 0 amide bonds. The van der Waals surface area contributed by atoms with Gasteiger partial charge < -0.3 is 10.2 Å². The quantitative estimate of drug-likeness (QED) is 0.850. The number of thiazole rings is 1. The number of anilines is 2. The maximum atomic E-state index is 4.53. The molecule has 0 fully saturated rings. The van der Waals surface area contributed by atoms with Gasteiger partial charge in [0.25, 0.3) is 0 Å². The second kappa shape index (κ2) is 6.75. The molecule has 108 valence electrons. The fourth-order valence-electron chi connectivity index (χ4n) is 2.26. The highest BCUT2D eigenvalue weighted by atomic mass is 32.1. The summed E-state index contributed by atoms with van der Waals surface area (Å²) in [4.78, 5) is 6.87. The van der Waals surface area contributed by atoms with Gasteiger partial charge in [-0.25, -0.2) is 4.98 Å². The van der Waals surface area contributed by atoms with E-state index in [9.17, 15) is 0 Å². The van der Waals surface area contributed by atoms with Crippen LogP contribution in [-0.2, 0) is 0 Å². The number of benzene rings is 1. The largest absolute Gasteiger partial charge is 0.377 e. The Bertz CT molecular complexity index is 529. The van der Waals surface area contributed by atoms with Crippen molar-refractivity contribution < 1.29 is 0 Å². The van der Waals surface area contributed by atoms with Crippen LogP contribution in [0.5, 0.6) is 0 Å². The van der Waals surface area contributed by atoms with E-state index in [1.807, 2.05) is 6.92 Å². The Morgan fingerprint density at radius 2 is 1.85 bits per heavy atom. The zero-order valence-corrected chi connectivity index (χ0v) is 13.5. The van der Waals surface area contributed by atoms with Gasteiger partial charge in [-0.2, -0.15) is 0 Å². The van der Waals surface area contributed by atoms with Crippen LogP contribution in [0.4, 0.5) is 11.4 Å². The summed E-state index contributed by atoms with van der Waals surface area (Å²) in [6.45, 7) is 10.6. The van der Waals surface area contributed by atoms with Gasteiger partial charge in [-0.1, -0.05) is 0 Å². The van der Waals surface area contributed by atoms with Crippen LogP contribution in [-0.4, -0.2) is 18.1 Å². The number of hydrogen-bond donors (Lipinski definition) is 1. The van der Waals surface area contributed by atoms with E-state index in [0.717, 1.165) is 29.5 Å². The number of nitrogens with zero attached hydrogens (tertiary/aromatic N) is 2. The van der Waals surface area contributed by atoms with Crippen molar-refractivity contribution >= 4 is 22.7 Å². The van der Waals surface area contributed by atoms with Crippen molar-refractivity contribution in [3.63, 3.8) is 0 Å². The van der Waals surface area contributed by atoms with E-state index in [4.69, 9.17) is 0 Å². The molecule has 1 aromatic heterocycles. The molecule has 0 aliphatic heterocycles. The molecule has 2 rings (SSSR count). The van der Waals surface area contributed by atoms with E-state index >= 15 is 0 Å².